The van der Waals surface area contributed by atoms with E-state index in [1.54, 1.807) is 25.1 Å². The molecule has 5 heteroatoms. The molecule has 0 fully saturated rings. The van der Waals surface area contributed by atoms with Crippen LogP contribution in [-0.2, 0) is 4.79 Å². The van der Waals surface area contributed by atoms with Gasteiger partial charge < -0.3 is 16.8 Å². The van der Waals surface area contributed by atoms with Crippen LogP contribution in [0.4, 0.5) is 5.69 Å². The number of hydrogen-bond donors (Lipinski definition) is 3. The molecule has 0 aliphatic rings. The van der Waals surface area contributed by atoms with E-state index in [1.807, 2.05) is 13.8 Å². The standard InChI is InChI=1S/C13H19N3O2/c1-7(2)11(14)13(18)16-9-5-4-8(3)10(6-9)12(15)17/h4-7,11H,14H2,1-3H3,(H2,15,17)(H,16,18)/t11-/m0/s1. The molecule has 1 rings (SSSR count). The summed E-state index contributed by atoms with van der Waals surface area (Å²) in [6, 6.07) is 4.43. The highest BCUT2D eigenvalue weighted by atomic mass is 16.2. The zero-order valence-electron chi connectivity index (χ0n) is 10.9. The lowest BCUT2D eigenvalue weighted by atomic mass is 10.0. The van der Waals surface area contributed by atoms with Crippen LogP contribution in [0.2, 0.25) is 0 Å². The van der Waals surface area contributed by atoms with Crippen LogP contribution in [0.15, 0.2) is 18.2 Å². The Hall–Kier alpha value is -1.88. The van der Waals surface area contributed by atoms with Crippen LogP contribution in [0, 0.1) is 12.8 Å². The monoisotopic (exact) mass is 249 g/mol. The first kappa shape index (κ1) is 14.2. The number of aryl methyl sites for hydroxylation is 1. The number of rotatable bonds is 4. The summed E-state index contributed by atoms with van der Waals surface area (Å²) >= 11 is 0. The van der Waals surface area contributed by atoms with Gasteiger partial charge in [0.1, 0.15) is 0 Å². The maximum Gasteiger partial charge on any atom is 0.249 e. The lowest BCUT2D eigenvalue weighted by Gasteiger charge is -2.15. The van der Waals surface area contributed by atoms with Crippen molar-refractivity contribution in [3.05, 3.63) is 29.3 Å². The quantitative estimate of drug-likeness (QED) is 0.742. The lowest BCUT2D eigenvalue weighted by molar-refractivity contribution is -0.118. The third kappa shape index (κ3) is 3.30. The van der Waals surface area contributed by atoms with Gasteiger partial charge in [-0.25, -0.2) is 0 Å². The molecule has 1 aromatic carbocycles. The van der Waals surface area contributed by atoms with Crippen LogP contribution >= 0.6 is 0 Å². The van der Waals surface area contributed by atoms with Gasteiger partial charge in [-0.2, -0.15) is 0 Å². The Bertz CT molecular complexity index is 469. The predicted octanol–water partition coefficient (Wildman–Crippen LogP) is 1.02. The molecule has 0 unspecified atom stereocenters. The highest BCUT2D eigenvalue weighted by Gasteiger charge is 2.17. The van der Waals surface area contributed by atoms with Crippen LogP contribution in [-0.4, -0.2) is 17.9 Å². The fraction of sp³-hybridized carbons (Fsp3) is 0.385. The maximum absolute atomic E-state index is 11.8. The van der Waals surface area contributed by atoms with Crippen LogP contribution in [0.1, 0.15) is 29.8 Å². The van der Waals surface area contributed by atoms with Crippen molar-refractivity contribution in [1.29, 1.82) is 0 Å². The number of nitrogens with two attached hydrogens (primary N) is 2. The molecule has 0 heterocycles. The molecule has 0 saturated carbocycles. The van der Waals surface area contributed by atoms with E-state index in [1.165, 1.54) is 0 Å². The van der Waals surface area contributed by atoms with E-state index in [2.05, 4.69) is 5.32 Å². The van der Waals surface area contributed by atoms with Crippen molar-refractivity contribution in [3.8, 4) is 0 Å². The molecule has 0 aromatic heterocycles. The molecule has 5 N–H and O–H groups in total. The number of carbonyl (C=O) groups excluding carboxylic acids is 2. The highest BCUT2D eigenvalue weighted by molar-refractivity contribution is 5.98. The van der Waals surface area contributed by atoms with Gasteiger partial charge in [-0.15, -0.1) is 0 Å². The Kier molecular flexibility index (Phi) is 4.44. The van der Waals surface area contributed by atoms with Crippen molar-refractivity contribution >= 4 is 17.5 Å². The van der Waals surface area contributed by atoms with Crippen LogP contribution in [0.5, 0.6) is 0 Å². The molecular formula is C13H19N3O2. The second kappa shape index (κ2) is 5.64. The summed E-state index contributed by atoms with van der Waals surface area (Å²) in [5.41, 5.74) is 12.7. The summed E-state index contributed by atoms with van der Waals surface area (Å²) in [5.74, 6) is -0.743. The predicted molar refractivity (Wildman–Crippen MR) is 71.1 cm³/mol. The molecule has 18 heavy (non-hydrogen) atoms. The van der Waals surface area contributed by atoms with Gasteiger partial charge in [-0.05, 0) is 30.5 Å². The average molecular weight is 249 g/mol. The van der Waals surface area contributed by atoms with E-state index in [-0.39, 0.29) is 11.8 Å². The fourth-order valence-electron chi connectivity index (χ4n) is 1.49. The van der Waals surface area contributed by atoms with Crippen molar-refractivity contribution in [2.24, 2.45) is 17.4 Å². The number of amides is 2. The topological polar surface area (TPSA) is 98.2 Å². The Morgan fingerprint density at radius 3 is 2.39 bits per heavy atom. The van der Waals surface area contributed by atoms with Gasteiger partial charge in [0.25, 0.3) is 0 Å². The summed E-state index contributed by atoms with van der Waals surface area (Å²) in [7, 11) is 0. The molecule has 0 saturated heterocycles. The minimum absolute atomic E-state index is 0.0473. The number of nitrogens with one attached hydrogen (secondary N) is 1. The van der Waals surface area contributed by atoms with Crippen molar-refractivity contribution in [2.45, 2.75) is 26.8 Å². The first-order valence-electron chi connectivity index (χ1n) is 5.79. The minimum atomic E-state index is -0.580. The summed E-state index contributed by atoms with van der Waals surface area (Å²) in [4.78, 5) is 23.0. The van der Waals surface area contributed by atoms with Crippen LogP contribution in [0.25, 0.3) is 0 Å². The summed E-state index contributed by atoms with van der Waals surface area (Å²) in [6.45, 7) is 5.52. The average Bonchev–Trinajstić information content (AvgIpc) is 2.29. The van der Waals surface area contributed by atoms with E-state index in [9.17, 15) is 9.59 Å². The summed E-state index contributed by atoms with van der Waals surface area (Å²) in [5, 5.41) is 2.67. The van der Waals surface area contributed by atoms with E-state index < -0.39 is 11.9 Å². The smallest absolute Gasteiger partial charge is 0.249 e. The van der Waals surface area contributed by atoms with E-state index in [4.69, 9.17) is 11.5 Å². The third-order valence-corrected chi connectivity index (χ3v) is 2.79. The molecule has 0 aliphatic carbocycles. The molecule has 5 nitrogen and oxygen atoms in total. The number of primary amides is 1. The Morgan fingerprint density at radius 2 is 1.89 bits per heavy atom. The minimum Gasteiger partial charge on any atom is -0.366 e. The number of anilines is 1. The summed E-state index contributed by atoms with van der Waals surface area (Å²) < 4.78 is 0. The molecule has 0 spiro atoms. The van der Waals surface area contributed by atoms with Crippen LogP contribution < -0.4 is 16.8 Å². The van der Waals surface area contributed by atoms with Gasteiger partial charge in [0.15, 0.2) is 0 Å². The Labute approximate surface area is 107 Å². The zero-order chi connectivity index (χ0) is 13.9. The van der Waals surface area contributed by atoms with Crippen molar-refractivity contribution in [1.82, 2.24) is 0 Å². The van der Waals surface area contributed by atoms with E-state index in [0.29, 0.717) is 11.3 Å². The van der Waals surface area contributed by atoms with Gasteiger partial charge in [0.05, 0.1) is 6.04 Å². The molecule has 0 bridgehead atoms. The van der Waals surface area contributed by atoms with Crippen molar-refractivity contribution < 1.29 is 9.59 Å². The number of hydrogen-bond acceptors (Lipinski definition) is 3. The highest BCUT2D eigenvalue weighted by Crippen LogP contribution is 2.15. The lowest BCUT2D eigenvalue weighted by Crippen LogP contribution is -2.39. The van der Waals surface area contributed by atoms with Crippen molar-refractivity contribution in [2.75, 3.05) is 5.32 Å². The van der Waals surface area contributed by atoms with Gasteiger partial charge in [0.2, 0.25) is 11.8 Å². The van der Waals surface area contributed by atoms with Crippen LogP contribution in [0.3, 0.4) is 0 Å². The normalized spacial score (nSPS) is 12.3. The molecule has 1 aromatic rings. The molecule has 0 aliphatic heterocycles. The van der Waals surface area contributed by atoms with Gasteiger partial charge >= 0.3 is 0 Å². The molecular weight excluding hydrogens is 230 g/mol. The zero-order valence-corrected chi connectivity index (χ0v) is 10.9. The molecule has 0 radical (unpaired) electrons. The van der Waals surface area contributed by atoms with Gasteiger partial charge in [-0.3, -0.25) is 9.59 Å². The molecule has 98 valence electrons. The largest absolute Gasteiger partial charge is 0.366 e. The molecule has 2 amide bonds. The van der Waals surface area contributed by atoms with Gasteiger partial charge in [-0.1, -0.05) is 19.9 Å². The Balaban J connectivity index is 2.89. The first-order valence-corrected chi connectivity index (χ1v) is 5.79. The maximum atomic E-state index is 11.8. The van der Waals surface area contributed by atoms with Gasteiger partial charge in [0, 0.05) is 11.3 Å². The second-order valence-corrected chi connectivity index (χ2v) is 4.65. The number of benzene rings is 1. The summed E-state index contributed by atoms with van der Waals surface area (Å²) in [6.07, 6.45) is 0. The molecule has 1 atom stereocenters. The van der Waals surface area contributed by atoms with E-state index in [0.717, 1.165) is 5.56 Å². The first-order chi connectivity index (χ1) is 8.32. The van der Waals surface area contributed by atoms with E-state index >= 15 is 0 Å². The Morgan fingerprint density at radius 1 is 1.28 bits per heavy atom. The SMILES string of the molecule is Cc1ccc(NC(=O)[C@@H](N)C(C)C)cc1C(N)=O. The fourth-order valence-corrected chi connectivity index (χ4v) is 1.49. The third-order valence-electron chi connectivity index (χ3n) is 2.79. The second-order valence-electron chi connectivity index (χ2n) is 4.65. The van der Waals surface area contributed by atoms with Crippen molar-refractivity contribution in [3.63, 3.8) is 0 Å². The number of carbonyl (C=O) groups is 2.